The minimum atomic E-state index is -3.80. The highest BCUT2D eigenvalue weighted by Gasteiger charge is 2.32. The zero-order valence-corrected chi connectivity index (χ0v) is 16.8. The monoisotopic (exact) mass is 437 g/mol. The molecule has 1 aliphatic rings. The molecule has 3 N–H and O–H groups in total. The fraction of sp³-hybridized carbons (Fsp3) is 0.222. The van der Waals surface area contributed by atoms with Crippen LogP contribution < -0.4 is 15.4 Å². The molecule has 29 heavy (non-hydrogen) atoms. The molecule has 11 heteroatoms. The van der Waals surface area contributed by atoms with E-state index in [1.165, 1.54) is 36.1 Å². The highest BCUT2D eigenvalue weighted by Crippen LogP contribution is 2.24. The van der Waals surface area contributed by atoms with Crippen LogP contribution in [0.5, 0.6) is 0 Å². The largest absolute Gasteiger partial charge is 0.442 e. The summed E-state index contributed by atoms with van der Waals surface area (Å²) in [5.74, 6) is 4.44. The second-order valence-electron chi connectivity index (χ2n) is 6.13. The van der Waals surface area contributed by atoms with Gasteiger partial charge in [0.2, 0.25) is 15.9 Å². The lowest BCUT2D eigenvalue weighted by Gasteiger charge is -2.13. The number of cyclic esters (lactones) is 1. The summed E-state index contributed by atoms with van der Waals surface area (Å²) in [6.07, 6.45) is -1.16. The van der Waals surface area contributed by atoms with Gasteiger partial charge in [-0.25, -0.2) is 22.7 Å². The van der Waals surface area contributed by atoms with Crippen LogP contribution in [0.3, 0.4) is 0 Å². The van der Waals surface area contributed by atoms with Gasteiger partial charge in [-0.2, -0.15) is 0 Å². The van der Waals surface area contributed by atoms with Crippen LogP contribution in [-0.4, -0.2) is 39.6 Å². The highest BCUT2D eigenvalue weighted by atomic mass is 32.2. The third kappa shape index (κ3) is 5.11. The van der Waals surface area contributed by atoms with Gasteiger partial charge in [0, 0.05) is 6.92 Å². The van der Waals surface area contributed by atoms with E-state index in [-0.39, 0.29) is 28.8 Å². The molecule has 0 saturated carbocycles. The van der Waals surface area contributed by atoms with E-state index < -0.39 is 28.0 Å². The average Bonchev–Trinajstić information content (AvgIpc) is 3.25. The fourth-order valence-corrected chi connectivity index (χ4v) is 4.12. The molecule has 1 fully saturated rings. The maximum Gasteiger partial charge on any atom is 0.414 e. The normalized spacial score (nSPS) is 16.2. The van der Waals surface area contributed by atoms with Crippen molar-refractivity contribution in [2.75, 3.05) is 18.0 Å². The van der Waals surface area contributed by atoms with Crippen LogP contribution in [0.4, 0.5) is 14.9 Å². The van der Waals surface area contributed by atoms with Crippen molar-refractivity contribution in [1.29, 1.82) is 0 Å². The zero-order valence-electron chi connectivity index (χ0n) is 15.1. The summed E-state index contributed by atoms with van der Waals surface area (Å²) in [7, 11) is -3.80. The van der Waals surface area contributed by atoms with Crippen LogP contribution in [-0.2, 0) is 19.6 Å². The van der Waals surface area contributed by atoms with E-state index in [4.69, 9.17) is 9.88 Å². The van der Waals surface area contributed by atoms with Gasteiger partial charge in [0.15, 0.2) is 0 Å². The van der Waals surface area contributed by atoms with Gasteiger partial charge in [0.05, 0.1) is 29.2 Å². The van der Waals surface area contributed by atoms with Crippen LogP contribution in [0.15, 0.2) is 34.5 Å². The number of amides is 2. The van der Waals surface area contributed by atoms with Crippen LogP contribution in [0.1, 0.15) is 17.4 Å². The first-order valence-corrected chi connectivity index (χ1v) is 10.7. The summed E-state index contributed by atoms with van der Waals surface area (Å²) in [5.41, 5.74) is 0.387. The van der Waals surface area contributed by atoms with Crippen molar-refractivity contribution < 1.29 is 27.1 Å². The Morgan fingerprint density at radius 1 is 1.38 bits per heavy atom. The Morgan fingerprint density at radius 3 is 2.76 bits per heavy atom. The minimum absolute atomic E-state index is 0.0287. The van der Waals surface area contributed by atoms with E-state index in [0.29, 0.717) is 10.6 Å². The second kappa shape index (κ2) is 8.20. The summed E-state index contributed by atoms with van der Waals surface area (Å²) >= 11 is 0.887. The van der Waals surface area contributed by atoms with Gasteiger partial charge in [-0.15, -0.1) is 11.3 Å². The van der Waals surface area contributed by atoms with Crippen molar-refractivity contribution in [1.82, 2.24) is 5.32 Å². The number of rotatable bonds is 4. The number of ether oxygens (including phenoxy) is 1. The quantitative estimate of drug-likeness (QED) is 0.701. The van der Waals surface area contributed by atoms with Crippen molar-refractivity contribution in [2.45, 2.75) is 17.2 Å². The number of nitrogens with two attached hydrogens (primary N) is 1. The zero-order chi connectivity index (χ0) is 21.2. The van der Waals surface area contributed by atoms with Gasteiger partial charge in [-0.1, -0.05) is 11.8 Å². The number of carbonyl (C=O) groups excluding carboxylic acids is 2. The smallest absolute Gasteiger partial charge is 0.414 e. The number of hydrogen-bond acceptors (Lipinski definition) is 6. The molecule has 1 atom stereocenters. The number of carbonyl (C=O) groups is 2. The number of benzene rings is 1. The van der Waals surface area contributed by atoms with E-state index in [0.717, 1.165) is 17.4 Å². The van der Waals surface area contributed by atoms with E-state index in [1.807, 2.05) is 0 Å². The van der Waals surface area contributed by atoms with Crippen molar-refractivity contribution in [3.63, 3.8) is 0 Å². The van der Waals surface area contributed by atoms with Gasteiger partial charge >= 0.3 is 6.09 Å². The highest BCUT2D eigenvalue weighted by molar-refractivity contribution is 7.91. The summed E-state index contributed by atoms with van der Waals surface area (Å²) in [6.45, 7) is 1.70. The molecular formula is C18H16FN3O5S2. The Labute approximate surface area is 170 Å². The molecule has 2 amide bonds. The third-order valence-corrected chi connectivity index (χ3v) is 6.34. The molecule has 0 radical (unpaired) electrons. The second-order valence-corrected chi connectivity index (χ2v) is 9.00. The standard InChI is InChI=1S/C18H16FN3O5S2/c1-11(23)21-9-14-10-22(18(24)27-14)13-4-2-12(16(19)8-13)3-5-15-6-7-17(28-15)29(20,25)26/h2,4,6-8,14H,9-10H2,1H3,(H,21,23)(H2,20,25,26)/t14-/m0/s1. The van der Waals surface area contributed by atoms with Crippen LogP contribution in [0, 0.1) is 17.7 Å². The van der Waals surface area contributed by atoms with Crippen molar-refractivity contribution in [3.8, 4) is 11.8 Å². The fourth-order valence-electron chi connectivity index (χ4n) is 2.54. The molecule has 2 aromatic rings. The maximum atomic E-state index is 14.4. The molecule has 1 aliphatic heterocycles. The Kier molecular flexibility index (Phi) is 5.88. The lowest BCUT2D eigenvalue weighted by atomic mass is 10.1. The van der Waals surface area contributed by atoms with Crippen molar-refractivity contribution >= 4 is 39.0 Å². The number of primary sulfonamides is 1. The first-order chi connectivity index (χ1) is 13.6. The van der Waals surface area contributed by atoms with Gasteiger partial charge in [0.25, 0.3) is 0 Å². The molecule has 0 unspecified atom stereocenters. The minimum Gasteiger partial charge on any atom is -0.442 e. The number of nitrogens with zero attached hydrogens (tertiary/aromatic N) is 1. The maximum absolute atomic E-state index is 14.4. The summed E-state index contributed by atoms with van der Waals surface area (Å²) < 4.78 is 42.1. The van der Waals surface area contributed by atoms with Gasteiger partial charge in [-0.3, -0.25) is 9.69 Å². The topological polar surface area (TPSA) is 119 Å². The van der Waals surface area contributed by atoms with Crippen molar-refractivity contribution in [2.24, 2.45) is 5.14 Å². The Hall–Kier alpha value is -2.94. The summed E-state index contributed by atoms with van der Waals surface area (Å²) in [5, 5.41) is 7.61. The molecular weight excluding hydrogens is 421 g/mol. The lowest BCUT2D eigenvalue weighted by Crippen LogP contribution is -2.33. The van der Waals surface area contributed by atoms with Gasteiger partial charge in [-0.05, 0) is 30.3 Å². The Balaban J connectivity index is 1.74. The van der Waals surface area contributed by atoms with Crippen LogP contribution in [0.25, 0.3) is 0 Å². The average molecular weight is 437 g/mol. The molecule has 1 aromatic carbocycles. The van der Waals surface area contributed by atoms with Gasteiger partial charge in [0.1, 0.15) is 16.1 Å². The first kappa shape index (κ1) is 20.8. The third-order valence-electron chi connectivity index (χ3n) is 3.90. The Morgan fingerprint density at radius 2 is 2.14 bits per heavy atom. The molecule has 1 aromatic heterocycles. The number of thiophene rings is 1. The van der Waals surface area contributed by atoms with Crippen molar-refractivity contribution in [3.05, 3.63) is 46.6 Å². The molecule has 0 bridgehead atoms. The number of halogens is 1. The Bertz CT molecular complexity index is 1130. The molecule has 0 aliphatic carbocycles. The van der Waals surface area contributed by atoms with E-state index in [9.17, 15) is 22.4 Å². The molecule has 2 heterocycles. The number of hydrogen-bond donors (Lipinski definition) is 2. The van der Waals surface area contributed by atoms with Crippen LogP contribution in [0.2, 0.25) is 0 Å². The molecule has 1 saturated heterocycles. The summed E-state index contributed by atoms with van der Waals surface area (Å²) in [4.78, 5) is 24.7. The predicted octanol–water partition coefficient (Wildman–Crippen LogP) is 1.40. The lowest BCUT2D eigenvalue weighted by molar-refractivity contribution is -0.119. The molecule has 0 spiro atoms. The molecule has 152 valence electrons. The SMILES string of the molecule is CC(=O)NC[C@H]1CN(c2ccc(C#Cc3ccc(S(N)(=O)=O)s3)c(F)c2)C(=O)O1. The van der Waals surface area contributed by atoms with E-state index in [1.54, 1.807) is 0 Å². The number of nitrogens with one attached hydrogen (secondary N) is 1. The van der Waals surface area contributed by atoms with Crippen LogP contribution >= 0.6 is 11.3 Å². The molecule has 3 rings (SSSR count). The predicted molar refractivity (Wildman–Crippen MR) is 104 cm³/mol. The number of anilines is 1. The van der Waals surface area contributed by atoms with Gasteiger partial charge < -0.3 is 10.1 Å². The first-order valence-electron chi connectivity index (χ1n) is 8.30. The summed E-state index contributed by atoms with van der Waals surface area (Å²) in [6, 6.07) is 6.93. The molecule has 8 nitrogen and oxygen atoms in total. The van der Waals surface area contributed by atoms with E-state index >= 15 is 0 Å². The number of sulfonamides is 1. The van der Waals surface area contributed by atoms with E-state index in [2.05, 4.69) is 17.2 Å².